The molecule has 0 bridgehead atoms. The van der Waals surface area contributed by atoms with E-state index in [1.807, 2.05) is 18.2 Å². The summed E-state index contributed by atoms with van der Waals surface area (Å²) >= 11 is 0. The summed E-state index contributed by atoms with van der Waals surface area (Å²) in [4.78, 5) is 26.7. The Morgan fingerprint density at radius 3 is 2.54 bits per heavy atom. The molecular weight excluding hydrogens is 332 g/mol. The molecule has 1 N–H and O–H groups in total. The normalized spacial score (nSPS) is 15.2. The smallest absolute Gasteiger partial charge is 0.265 e. The van der Waals surface area contributed by atoms with Crippen LogP contribution in [0.5, 0.6) is 5.75 Å². The molecule has 3 rings (SSSR count). The number of benzene rings is 2. The maximum Gasteiger partial charge on any atom is 0.265 e. The first-order chi connectivity index (χ1) is 12.6. The van der Waals surface area contributed by atoms with E-state index >= 15 is 0 Å². The SMILES string of the molecule is CC(Oc1ccccc1)C(=O)Nc1cccc(C(=O)N2CCOCC2)c1. The van der Waals surface area contributed by atoms with Crippen molar-refractivity contribution in [2.75, 3.05) is 31.6 Å². The van der Waals surface area contributed by atoms with Crippen LogP contribution in [0.25, 0.3) is 0 Å². The second-order valence-electron chi connectivity index (χ2n) is 6.05. The van der Waals surface area contributed by atoms with E-state index in [0.717, 1.165) is 0 Å². The van der Waals surface area contributed by atoms with Crippen molar-refractivity contribution < 1.29 is 19.1 Å². The number of hydrogen-bond donors (Lipinski definition) is 1. The molecule has 0 radical (unpaired) electrons. The second-order valence-corrected chi connectivity index (χ2v) is 6.05. The minimum Gasteiger partial charge on any atom is -0.481 e. The molecule has 0 saturated carbocycles. The van der Waals surface area contributed by atoms with Crippen LogP contribution in [0.4, 0.5) is 5.69 Å². The molecule has 0 aliphatic carbocycles. The molecule has 1 aliphatic rings. The third-order valence-electron chi connectivity index (χ3n) is 4.10. The molecule has 6 heteroatoms. The van der Waals surface area contributed by atoms with Crippen LogP contribution in [0.1, 0.15) is 17.3 Å². The van der Waals surface area contributed by atoms with E-state index in [2.05, 4.69) is 5.32 Å². The Balaban J connectivity index is 1.62. The highest BCUT2D eigenvalue weighted by Gasteiger charge is 2.19. The van der Waals surface area contributed by atoms with Gasteiger partial charge in [0.2, 0.25) is 0 Å². The topological polar surface area (TPSA) is 67.9 Å². The Labute approximate surface area is 152 Å². The number of carbonyl (C=O) groups excluding carboxylic acids is 2. The number of carbonyl (C=O) groups is 2. The Kier molecular flexibility index (Phi) is 5.86. The van der Waals surface area contributed by atoms with E-state index in [1.165, 1.54) is 0 Å². The lowest BCUT2D eigenvalue weighted by Crippen LogP contribution is -2.40. The molecule has 1 fully saturated rings. The number of hydrogen-bond acceptors (Lipinski definition) is 4. The minimum absolute atomic E-state index is 0.0574. The van der Waals surface area contributed by atoms with Crippen molar-refractivity contribution in [2.45, 2.75) is 13.0 Å². The molecule has 0 aromatic heterocycles. The molecule has 6 nitrogen and oxygen atoms in total. The first kappa shape index (κ1) is 17.9. The molecule has 136 valence electrons. The zero-order valence-corrected chi connectivity index (χ0v) is 14.7. The zero-order chi connectivity index (χ0) is 18.4. The Hall–Kier alpha value is -2.86. The van der Waals surface area contributed by atoms with Crippen molar-refractivity contribution in [1.29, 1.82) is 0 Å². The third-order valence-corrected chi connectivity index (χ3v) is 4.10. The average molecular weight is 354 g/mol. The van der Waals surface area contributed by atoms with Gasteiger partial charge in [-0.05, 0) is 37.3 Å². The van der Waals surface area contributed by atoms with Crippen LogP contribution in [0, 0.1) is 0 Å². The van der Waals surface area contributed by atoms with E-state index in [9.17, 15) is 9.59 Å². The lowest BCUT2D eigenvalue weighted by atomic mass is 10.1. The molecule has 1 heterocycles. The average Bonchev–Trinajstić information content (AvgIpc) is 2.69. The van der Waals surface area contributed by atoms with Gasteiger partial charge in [0.05, 0.1) is 13.2 Å². The van der Waals surface area contributed by atoms with Crippen molar-refractivity contribution in [3.05, 3.63) is 60.2 Å². The Morgan fingerprint density at radius 2 is 1.81 bits per heavy atom. The van der Waals surface area contributed by atoms with Gasteiger partial charge >= 0.3 is 0 Å². The molecule has 1 atom stereocenters. The fourth-order valence-corrected chi connectivity index (χ4v) is 2.68. The van der Waals surface area contributed by atoms with Gasteiger partial charge in [-0.1, -0.05) is 24.3 Å². The minimum atomic E-state index is -0.656. The van der Waals surface area contributed by atoms with Gasteiger partial charge in [-0.15, -0.1) is 0 Å². The van der Waals surface area contributed by atoms with Crippen molar-refractivity contribution in [3.63, 3.8) is 0 Å². The maximum absolute atomic E-state index is 12.5. The van der Waals surface area contributed by atoms with Crippen LogP contribution in [0.3, 0.4) is 0 Å². The van der Waals surface area contributed by atoms with Gasteiger partial charge in [0.1, 0.15) is 5.75 Å². The van der Waals surface area contributed by atoms with E-state index in [-0.39, 0.29) is 11.8 Å². The van der Waals surface area contributed by atoms with E-state index < -0.39 is 6.10 Å². The molecule has 26 heavy (non-hydrogen) atoms. The van der Waals surface area contributed by atoms with Gasteiger partial charge < -0.3 is 19.7 Å². The molecule has 2 aromatic rings. The standard InChI is InChI=1S/C20H22N2O4/c1-15(26-18-8-3-2-4-9-18)19(23)21-17-7-5-6-16(14-17)20(24)22-10-12-25-13-11-22/h2-9,14-15H,10-13H2,1H3,(H,21,23). The van der Waals surface area contributed by atoms with Crippen molar-refractivity contribution in [1.82, 2.24) is 4.90 Å². The molecule has 2 amide bonds. The zero-order valence-electron chi connectivity index (χ0n) is 14.7. The van der Waals surface area contributed by atoms with Gasteiger partial charge in [-0.25, -0.2) is 0 Å². The van der Waals surface area contributed by atoms with Gasteiger partial charge in [0.25, 0.3) is 11.8 Å². The fourth-order valence-electron chi connectivity index (χ4n) is 2.68. The Bertz CT molecular complexity index is 757. The quantitative estimate of drug-likeness (QED) is 0.896. The number of nitrogens with one attached hydrogen (secondary N) is 1. The summed E-state index contributed by atoms with van der Waals surface area (Å²) in [5.74, 6) is 0.300. The first-order valence-electron chi connectivity index (χ1n) is 8.63. The van der Waals surface area contributed by atoms with Crippen LogP contribution in [0.2, 0.25) is 0 Å². The summed E-state index contributed by atoms with van der Waals surface area (Å²) in [6, 6.07) is 16.1. The summed E-state index contributed by atoms with van der Waals surface area (Å²) in [5, 5.41) is 2.80. The van der Waals surface area contributed by atoms with Crippen LogP contribution in [-0.2, 0) is 9.53 Å². The van der Waals surface area contributed by atoms with Crippen LogP contribution in [-0.4, -0.2) is 49.1 Å². The molecular formula is C20H22N2O4. The lowest BCUT2D eigenvalue weighted by Gasteiger charge is -2.27. The number of para-hydroxylation sites is 1. The maximum atomic E-state index is 12.5. The fraction of sp³-hybridized carbons (Fsp3) is 0.300. The van der Waals surface area contributed by atoms with Gasteiger partial charge in [0.15, 0.2) is 6.10 Å². The summed E-state index contributed by atoms with van der Waals surface area (Å²) < 4.78 is 10.9. The number of rotatable bonds is 5. The molecule has 1 unspecified atom stereocenters. The summed E-state index contributed by atoms with van der Waals surface area (Å²) in [6.45, 7) is 3.95. The van der Waals surface area contributed by atoms with Crippen LogP contribution >= 0.6 is 0 Å². The van der Waals surface area contributed by atoms with E-state index in [1.54, 1.807) is 48.2 Å². The number of anilines is 1. The van der Waals surface area contributed by atoms with Gasteiger partial charge in [0, 0.05) is 24.3 Å². The molecule has 0 spiro atoms. The number of amides is 2. The monoisotopic (exact) mass is 354 g/mol. The summed E-state index contributed by atoms with van der Waals surface area (Å²) in [6.07, 6.45) is -0.656. The highest BCUT2D eigenvalue weighted by Crippen LogP contribution is 2.16. The largest absolute Gasteiger partial charge is 0.481 e. The number of morpholine rings is 1. The summed E-state index contributed by atoms with van der Waals surface area (Å²) in [7, 11) is 0. The molecule has 1 aliphatic heterocycles. The van der Waals surface area contributed by atoms with Crippen LogP contribution in [0.15, 0.2) is 54.6 Å². The second kappa shape index (κ2) is 8.49. The number of ether oxygens (including phenoxy) is 2. The lowest BCUT2D eigenvalue weighted by molar-refractivity contribution is -0.122. The predicted molar refractivity (Wildman–Crippen MR) is 98.3 cm³/mol. The highest BCUT2D eigenvalue weighted by atomic mass is 16.5. The molecule has 1 saturated heterocycles. The van der Waals surface area contributed by atoms with Crippen LogP contribution < -0.4 is 10.1 Å². The van der Waals surface area contributed by atoms with E-state index in [4.69, 9.17) is 9.47 Å². The predicted octanol–water partition coefficient (Wildman–Crippen LogP) is 2.57. The van der Waals surface area contributed by atoms with Gasteiger partial charge in [-0.2, -0.15) is 0 Å². The van der Waals surface area contributed by atoms with E-state index in [0.29, 0.717) is 43.3 Å². The number of nitrogens with zero attached hydrogens (tertiary/aromatic N) is 1. The molecule has 2 aromatic carbocycles. The third kappa shape index (κ3) is 4.61. The van der Waals surface area contributed by atoms with Crippen molar-refractivity contribution in [2.24, 2.45) is 0 Å². The highest BCUT2D eigenvalue weighted by molar-refractivity contribution is 5.98. The van der Waals surface area contributed by atoms with Crippen molar-refractivity contribution in [3.8, 4) is 5.75 Å². The van der Waals surface area contributed by atoms with Crippen molar-refractivity contribution >= 4 is 17.5 Å². The summed E-state index contributed by atoms with van der Waals surface area (Å²) in [5.41, 5.74) is 1.11. The Morgan fingerprint density at radius 1 is 1.08 bits per heavy atom. The van der Waals surface area contributed by atoms with Gasteiger partial charge in [-0.3, -0.25) is 9.59 Å². The first-order valence-corrected chi connectivity index (χ1v) is 8.63.